The normalized spacial score (nSPS) is 10.3. The van der Waals surface area contributed by atoms with Gasteiger partial charge in [0.2, 0.25) is 0 Å². The minimum Gasteiger partial charge on any atom is -0.157 e. The molecule has 0 aliphatic carbocycles. The highest BCUT2D eigenvalue weighted by Gasteiger charge is 1.95. The van der Waals surface area contributed by atoms with Gasteiger partial charge in [0, 0.05) is 5.75 Å². The Labute approximate surface area is 104 Å². The molecule has 1 aromatic rings. The monoisotopic (exact) mass is 234 g/mol. The van der Waals surface area contributed by atoms with Gasteiger partial charge in [-0.2, -0.15) is 11.8 Å². The van der Waals surface area contributed by atoms with Crippen LogP contribution in [0.3, 0.4) is 0 Å². The van der Waals surface area contributed by atoms with Crippen LogP contribution in [0.5, 0.6) is 0 Å². The molecule has 1 aromatic carbocycles. The number of unbranched alkanes of at least 4 members (excludes halogenated alkanes) is 3. The van der Waals surface area contributed by atoms with Crippen LogP contribution in [0.2, 0.25) is 0 Å². The molecule has 88 valence electrons. The molecule has 1 rings (SSSR count). The molecule has 0 amide bonds. The van der Waals surface area contributed by atoms with E-state index < -0.39 is 0 Å². The lowest BCUT2D eigenvalue weighted by molar-refractivity contribution is 0.706. The van der Waals surface area contributed by atoms with Crippen LogP contribution in [0.25, 0.3) is 6.08 Å². The standard InChI is InChI=1S/C15H22S/c1-3-5-6-7-11-16-13-15-10-8-9-14(4-2)12-15/h4,8-10,12H,2-3,5-7,11,13H2,1H3. The molecule has 0 aliphatic rings. The molecule has 0 spiro atoms. The lowest BCUT2D eigenvalue weighted by atomic mass is 10.1. The van der Waals surface area contributed by atoms with Crippen molar-refractivity contribution in [3.05, 3.63) is 42.0 Å². The van der Waals surface area contributed by atoms with Crippen LogP contribution < -0.4 is 0 Å². The van der Waals surface area contributed by atoms with Crippen molar-refractivity contribution in [2.24, 2.45) is 0 Å². The molecular weight excluding hydrogens is 212 g/mol. The van der Waals surface area contributed by atoms with Crippen LogP contribution in [0.1, 0.15) is 43.7 Å². The molecule has 1 heteroatoms. The molecular formula is C15H22S. The van der Waals surface area contributed by atoms with Gasteiger partial charge in [0.1, 0.15) is 0 Å². The van der Waals surface area contributed by atoms with E-state index in [4.69, 9.17) is 0 Å². The fourth-order valence-corrected chi connectivity index (χ4v) is 2.60. The number of rotatable bonds is 8. The number of hydrogen-bond acceptors (Lipinski definition) is 1. The zero-order valence-corrected chi connectivity index (χ0v) is 11.1. The molecule has 0 unspecified atom stereocenters. The van der Waals surface area contributed by atoms with Crippen LogP contribution in [0.4, 0.5) is 0 Å². The second-order valence-electron chi connectivity index (χ2n) is 4.06. The lowest BCUT2D eigenvalue weighted by Crippen LogP contribution is -1.85. The summed E-state index contributed by atoms with van der Waals surface area (Å²) in [6.45, 7) is 6.05. The first-order chi connectivity index (χ1) is 7.86. The highest BCUT2D eigenvalue weighted by Crippen LogP contribution is 2.16. The minimum atomic E-state index is 1.13. The summed E-state index contributed by atoms with van der Waals surface area (Å²) in [7, 11) is 0. The summed E-state index contributed by atoms with van der Waals surface area (Å²) in [6.07, 6.45) is 7.36. The van der Waals surface area contributed by atoms with E-state index in [9.17, 15) is 0 Å². The van der Waals surface area contributed by atoms with Gasteiger partial charge in [-0.15, -0.1) is 0 Å². The Hall–Kier alpha value is -0.690. The van der Waals surface area contributed by atoms with Gasteiger partial charge in [-0.1, -0.05) is 63.1 Å². The smallest absolute Gasteiger partial charge is 0.0184 e. The van der Waals surface area contributed by atoms with Crippen molar-refractivity contribution in [2.45, 2.75) is 38.4 Å². The van der Waals surface area contributed by atoms with E-state index in [1.165, 1.54) is 42.6 Å². The van der Waals surface area contributed by atoms with E-state index in [1.807, 2.05) is 17.8 Å². The average Bonchev–Trinajstić information content (AvgIpc) is 2.34. The van der Waals surface area contributed by atoms with Crippen molar-refractivity contribution in [2.75, 3.05) is 5.75 Å². The number of hydrogen-bond donors (Lipinski definition) is 0. The summed E-state index contributed by atoms with van der Waals surface area (Å²) in [5.41, 5.74) is 2.64. The Bertz CT molecular complexity index is 304. The van der Waals surface area contributed by atoms with Gasteiger partial charge in [0.15, 0.2) is 0 Å². The Morgan fingerprint density at radius 1 is 1.25 bits per heavy atom. The van der Waals surface area contributed by atoms with Crippen molar-refractivity contribution in [1.29, 1.82) is 0 Å². The quantitative estimate of drug-likeness (QED) is 0.561. The SMILES string of the molecule is C=Cc1cccc(CSCCCCCC)c1. The predicted molar refractivity (Wildman–Crippen MR) is 76.8 cm³/mol. The molecule has 0 heterocycles. The average molecular weight is 234 g/mol. The largest absolute Gasteiger partial charge is 0.157 e. The van der Waals surface area contributed by atoms with Gasteiger partial charge in [-0.25, -0.2) is 0 Å². The van der Waals surface area contributed by atoms with Gasteiger partial charge < -0.3 is 0 Å². The van der Waals surface area contributed by atoms with Crippen LogP contribution in [-0.2, 0) is 5.75 Å². The Morgan fingerprint density at radius 3 is 2.88 bits per heavy atom. The highest BCUT2D eigenvalue weighted by atomic mass is 32.2. The fraction of sp³-hybridized carbons (Fsp3) is 0.467. The fourth-order valence-electron chi connectivity index (χ4n) is 1.63. The van der Waals surface area contributed by atoms with Gasteiger partial charge in [-0.3, -0.25) is 0 Å². The first-order valence-electron chi connectivity index (χ1n) is 6.16. The zero-order chi connectivity index (χ0) is 11.6. The maximum atomic E-state index is 3.80. The highest BCUT2D eigenvalue weighted by molar-refractivity contribution is 7.98. The predicted octanol–water partition coefficient (Wildman–Crippen LogP) is 5.14. The summed E-state index contributed by atoms with van der Waals surface area (Å²) in [5.74, 6) is 2.42. The molecule has 0 saturated heterocycles. The third-order valence-electron chi connectivity index (χ3n) is 2.60. The summed E-state index contributed by atoms with van der Waals surface area (Å²) in [6, 6.07) is 8.64. The molecule has 0 radical (unpaired) electrons. The minimum absolute atomic E-state index is 1.13. The van der Waals surface area contributed by atoms with Crippen LogP contribution in [0.15, 0.2) is 30.8 Å². The molecule has 0 nitrogen and oxygen atoms in total. The van der Waals surface area contributed by atoms with Crippen molar-refractivity contribution in [3.8, 4) is 0 Å². The van der Waals surface area contributed by atoms with Crippen molar-refractivity contribution in [3.63, 3.8) is 0 Å². The van der Waals surface area contributed by atoms with E-state index in [0.717, 1.165) is 5.75 Å². The lowest BCUT2D eigenvalue weighted by Gasteiger charge is -2.03. The molecule has 0 aliphatic heterocycles. The molecule has 0 N–H and O–H groups in total. The summed E-state index contributed by atoms with van der Waals surface area (Å²) >= 11 is 2.04. The van der Waals surface area contributed by atoms with Crippen molar-refractivity contribution < 1.29 is 0 Å². The van der Waals surface area contributed by atoms with Gasteiger partial charge >= 0.3 is 0 Å². The van der Waals surface area contributed by atoms with Crippen LogP contribution in [-0.4, -0.2) is 5.75 Å². The third-order valence-corrected chi connectivity index (χ3v) is 3.71. The van der Waals surface area contributed by atoms with Gasteiger partial charge in [0.25, 0.3) is 0 Å². The van der Waals surface area contributed by atoms with E-state index in [1.54, 1.807) is 0 Å². The zero-order valence-electron chi connectivity index (χ0n) is 10.2. The van der Waals surface area contributed by atoms with Gasteiger partial charge in [-0.05, 0) is 23.3 Å². The summed E-state index contributed by atoms with van der Waals surface area (Å²) in [5, 5.41) is 0. The molecule has 0 bridgehead atoms. The summed E-state index contributed by atoms with van der Waals surface area (Å²) in [4.78, 5) is 0. The maximum absolute atomic E-state index is 3.80. The number of benzene rings is 1. The molecule has 0 atom stereocenters. The van der Waals surface area contributed by atoms with Crippen molar-refractivity contribution >= 4 is 17.8 Å². The van der Waals surface area contributed by atoms with E-state index in [2.05, 4.69) is 37.8 Å². The van der Waals surface area contributed by atoms with Gasteiger partial charge in [0.05, 0.1) is 0 Å². The Morgan fingerprint density at radius 2 is 2.12 bits per heavy atom. The number of thioether (sulfide) groups is 1. The van der Waals surface area contributed by atoms with E-state index in [-0.39, 0.29) is 0 Å². The van der Waals surface area contributed by atoms with E-state index >= 15 is 0 Å². The first-order valence-corrected chi connectivity index (χ1v) is 7.31. The van der Waals surface area contributed by atoms with Crippen molar-refractivity contribution in [1.82, 2.24) is 0 Å². The summed E-state index contributed by atoms with van der Waals surface area (Å²) < 4.78 is 0. The molecule has 16 heavy (non-hydrogen) atoms. The Kier molecular flexibility index (Phi) is 7.07. The molecule has 0 saturated carbocycles. The third kappa shape index (κ3) is 5.41. The van der Waals surface area contributed by atoms with Crippen LogP contribution in [0, 0.1) is 0 Å². The second-order valence-corrected chi connectivity index (χ2v) is 5.17. The second kappa shape index (κ2) is 8.46. The first kappa shape index (κ1) is 13.4. The molecule has 0 fully saturated rings. The van der Waals surface area contributed by atoms with Crippen LogP contribution >= 0.6 is 11.8 Å². The topological polar surface area (TPSA) is 0 Å². The maximum Gasteiger partial charge on any atom is 0.0184 e. The Balaban J connectivity index is 2.18. The molecule has 0 aromatic heterocycles. The van der Waals surface area contributed by atoms with E-state index in [0.29, 0.717) is 0 Å².